The first-order valence-electron chi connectivity index (χ1n) is 9.97. The van der Waals surface area contributed by atoms with Crippen molar-refractivity contribution >= 4 is 22.9 Å². The van der Waals surface area contributed by atoms with Gasteiger partial charge in [0.05, 0.1) is 30.9 Å². The van der Waals surface area contributed by atoms with E-state index >= 15 is 0 Å². The fourth-order valence-electron chi connectivity index (χ4n) is 3.29. The third kappa shape index (κ3) is 4.71. The summed E-state index contributed by atoms with van der Waals surface area (Å²) in [6.07, 6.45) is 6.83. The van der Waals surface area contributed by atoms with Crippen LogP contribution in [0.2, 0.25) is 0 Å². The zero-order valence-electron chi connectivity index (χ0n) is 17.4. The number of carbonyl (C=O) groups excluding carboxylic acids is 1. The van der Waals surface area contributed by atoms with Crippen molar-refractivity contribution < 1.29 is 19.0 Å². The number of benzene rings is 1. The summed E-state index contributed by atoms with van der Waals surface area (Å²) in [5, 5.41) is 13.9. The molecule has 1 aromatic carbocycles. The van der Waals surface area contributed by atoms with Crippen LogP contribution in [-0.4, -0.2) is 18.1 Å². The van der Waals surface area contributed by atoms with Gasteiger partial charge in [-0.3, -0.25) is 0 Å². The minimum atomic E-state index is -0.396. The van der Waals surface area contributed by atoms with Gasteiger partial charge in [-0.25, -0.2) is 9.78 Å². The van der Waals surface area contributed by atoms with E-state index in [4.69, 9.17) is 14.2 Å². The van der Waals surface area contributed by atoms with Gasteiger partial charge in [-0.05, 0) is 59.7 Å². The molecule has 0 unspecified atom stereocenters. The summed E-state index contributed by atoms with van der Waals surface area (Å²) < 4.78 is 16.2. The number of nitrogens with zero attached hydrogens (tertiary/aromatic N) is 2. The van der Waals surface area contributed by atoms with Crippen molar-refractivity contribution in [3.8, 4) is 23.2 Å². The third-order valence-electron chi connectivity index (χ3n) is 4.98. The lowest BCUT2D eigenvalue weighted by Crippen LogP contribution is -2.05. The molecule has 0 bridgehead atoms. The second-order valence-corrected chi connectivity index (χ2v) is 7.81. The summed E-state index contributed by atoms with van der Waals surface area (Å²) in [7, 11) is 1.34. The van der Waals surface area contributed by atoms with Crippen LogP contribution < -0.4 is 4.74 Å². The van der Waals surface area contributed by atoms with E-state index in [0.717, 1.165) is 40.8 Å². The molecule has 2 aromatic heterocycles. The van der Waals surface area contributed by atoms with Crippen LogP contribution in [-0.2, 0) is 16.1 Å². The quantitative estimate of drug-likeness (QED) is 0.453. The number of methoxy groups -OCH3 is 1. The summed E-state index contributed by atoms with van der Waals surface area (Å²) in [4.78, 5) is 16.3. The molecule has 0 fully saturated rings. The highest BCUT2D eigenvalue weighted by Gasteiger charge is 2.19. The molecule has 7 heteroatoms. The second-order valence-electron chi connectivity index (χ2n) is 7.03. The fourth-order valence-corrected chi connectivity index (χ4v) is 3.94. The van der Waals surface area contributed by atoms with Crippen LogP contribution >= 0.6 is 11.3 Å². The fraction of sp³-hybridized carbons (Fsp3) is 0.160. The number of allylic oxidation sites excluding steroid dienone is 2. The van der Waals surface area contributed by atoms with Gasteiger partial charge < -0.3 is 14.2 Å². The maximum absolute atomic E-state index is 11.6. The Kier molecular flexibility index (Phi) is 6.63. The van der Waals surface area contributed by atoms with Gasteiger partial charge >= 0.3 is 5.97 Å². The zero-order chi connectivity index (χ0) is 22.3. The van der Waals surface area contributed by atoms with Gasteiger partial charge in [0.25, 0.3) is 0 Å². The topological polar surface area (TPSA) is 81.4 Å². The SMILES string of the molecule is COC(=O)c1ccc(COc2nc(-c3ccsc3)cc(C3=COC=CCC3)c2C#N)cc1. The summed E-state index contributed by atoms with van der Waals surface area (Å²) in [5.74, 6) is -0.131. The number of aromatic nitrogens is 1. The lowest BCUT2D eigenvalue weighted by atomic mass is 9.97. The number of nitriles is 1. The number of hydrogen-bond donors (Lipinski definition) is 0. The van der Waals surface area contributed by atoms with Crippen LogP contribution in [0.15, 0.2) is 65.8 Å². The molecule has 0 amide bonds. The molecule has 0 N–H and O–H groups in total. The first-order chi connectivity index (χ1) is 15.7. The average Bonchev–Trinajstić information content (AvgIpc) is 3.24. The lowest BCUT2D eigenvalue weighted by Gasteiger charge is -2.14. The summed E-state index contributed by atoms with van der Waals surface area (Å²) in [5.41, 5.74) is 5.03. The van der Waals surface area contributed by atoms with Crippen LogP contribution in [0.3, 0.4) is 0 Å². The maximum atomic E-state index is 11.6. The number of carbonyl (C=O) groups is 1. The van der Waals surface area contributed by atoms with Crippen molar-refractivity contribution in [3.63, 3.8) is 0 Å². The van der Waals surface area contributed by atoms with Gasteiger partial charge in [-0.1, -0.05) is 12.1 Å². The van der Waals surface area contributed by atoms with Gasteiger partial charge in [0.15, 0.2) is 0 Å². The molecule has 4 rings (SSSR count). The van der Waals surface area contributed by atoms with Gasteiger partial charge in [0, 0.05) is 16.5 Å². The molecule has 1 aliphatic heterocycles. The standard InChI is InChI=1S/C25H20N2O4S/c1-29-25(28)18-7-5-17(6-8-18)14-31-24-22(13-26)21(19-4-2-3-10-30-15-19)12-23(27-24)20-9-11-32-16-20/h3,5-12,15-16H,2,4,14H2,1H3. The average molecular weight is 445 g/mol. The normalized spacial score (nSPS) is 12.8. The molecule has 3 heterocycles. The first kappa shape index (κ1) is 21.3. The highest BCUT2D eigenvalue weighted by Crippen LogP contribution is 2.34. The molecule has 0 radical (unpaired) electrons. The minimum absolute atomic E-state index is 0.201. The predicted octanol–water partition coefficient (Wildman–Crippen LogP) is 5.71. The van der Waals surface area contributed by atoms with E-state index in [2.05, 4.69) is 11.1 Å². The molecular formula is C25H20N2O4S. The molecule has 32 heavy (non-hydrogen) atoms. The summed E-state index contributed by atoms with van der Waals surface area (Å²) in [6, 6.07) is 13.1. The Labute approximate surface area is 190 Å². The van der Waals surface area contributed by atoms with E-state index in [1.165, 1.54) is 7.11 Å². The first-order valence-corrected chi connectivity index (χ1v) is 10.9. The number of rotatable bonds is 6. The molecule has 0 aliphatic carbocycles. The van der Waals surface area contributed by atoms with Crippen molar-refractivity contribution in [1.82, 2.24) is 4.98 Å². The zero-order valence-corrected chi connectivity index (χ0v) is 18.2. The molecule has 0 atom stereocenters. The molecule has 1 aliphatic rings. The van der Waals surface area contributed by atoms with E-state index in [-0.39, 0.29) is 12.5 Å². The van der Waals surface area contributed by atoms with Crippen LogP contribution in [0.4, 0.5) is 0 Å². The predicted molar refractivity (Wildman–Crippen MR) is 122 cm³/mol. The Balaban J connectivity index is 1.68. The van der Waals surface area contributed by atoms with Crippen LogP contribution in [0.5, 0.6) is 5.88 Å². The molecule has 0 saturated heterocycles. The van der Waals surface area contributed by atoms with Crippen molar-refractivity contribution in [2.45, 2.75) is 19.4 Å². The molecule has 160 valence electrons. The van der Waals surface area contributed by atoms with E-state index in [9.17, 15) is 10.1 Å². The largest absolute Gasteiger partial charge is 0.473 e. The minimum Gasteiger partial charge on any atom is -0.473 e. The molecule has 3 aromatic rings. The van der Waals surface area contributed by atoms with E-state index < -0.39 is 5.97 Å². The highest BCUT2D eigenvalue weighted by molar-refractivity contribution is 7.08. The third-order valence-corrected chi connectivity index (χ3v) is 5.66. The van der Waals surface area contributed by atoms with Crippen LogP contribution in [0.25, 0.3) is 16.8 Å². The number of thiophene rings is 1. The van der Waals surface area contributed by atoms with E-state index in [1.807, 2.05) is 29.0 Å². The van der Waals surface area contributed by atoms with Crippen molar-refractivity contribution in [2.75, 3.05) is 7.11 Å². The van der Waals surface area contributed by atoms with Crippen molar-refractivity contribution in [1.29, 1.82) is 5.26 Å². The van der Waals surface area contributed by atoms with Crippen molar-refractivity contribution in [2.24, 2.45) is 0 Å². The smallest absolute Gasteiger partial charge is 0.337 e. The summed E-state index contributed by atoms with van der Waals surface area (Å²) >= 11 is 1.58. The van der Waals surface area contributed by atoms with Crippen LogP contribution in [0, 0.1) is 11.3 Å². The monoisotopic (exact) mass is 444 g/mol. The number of pyridine rings is 1. The Bertz CT molecular complexity index is 1210. The molecular weight excluding hydrogens is 424 g/mol. The molecule has 0 spiro atoms. The van der Waals surface area contributed by atoms with Crippen molar-refractivity contribution in [3.05, 3.63) is 88.0 Å². The van der Waals surface area contributed by atoms with Gasteiger partial charge in [-0.2, -0.15) is 16.6 Å². The van der Waals surface area contributed by atoms with E-state index in [1.54, 1.807) is 48.1 Å². The Morgan fingerprint density at radius 1 is 1.28 bits per heavy atom. The van der Waals surface area contributed by atoms with Crippen LogP contribution in [0.1, 0.15) is 39.9 Å². The van der Waals surface area contributed by atoms with Gasteiger partial charge in [0.2, 0.25) is 5.88 Å². The number of ether oxygens (including phenoxy) is 3. The second kappa shape index (κ2) is 9.94. The molecule has 6 nitrogen and oxygen atoms in total. The van der Waals surface area contributed by atoms with E-state index in [0.29, 0.717) is 11.1 Å². The maximum Gasteiger partial charge on any atom is 0.337 e. The highest BCUT2D eigenvalue weighted by atomic mass is 32.1. The Hall–Kier alpha value is -3.89. The molecule has 0 saturated carbocycles. The number of esters is 1. The number of hydrogen-bond acceptors (Lipinski definition) is 7. The Morgan fingerprint density at radius 3 is 2.84 bits per heavy atom. The Morgan fingerprint density at radius 2 is 2.12 bits per heavy atom. The lowest BCUT2D eigenvalue weighted by molar-refractivity contribution is 0.0600. The summed E-state index contributed by atoms with van der Waals surface area (Å²) in [6.45, 7) is 0.201. The van der Waals surface area contributed by atoms with Gasteiger partial charge in [0.1, 0.15) is 18.2 Å². The van der Waals surface area contributed by atoms with Gasteiger partial charge in [-0.15, -0.1) is 0 Å².